The van der Waals surface area contributed by atoms with Gasteiger partial charge in [0.2, 0.25) is 0 Å². The molecule has 0 saturated carbocycles. The van der Waals surface area contributed by atoms with E-state index in [1.54, 1.807) is 0 Å². The molecule has 0 aliphatic carbocycles. The first-order valence-electron chi connectivity index (χ1n) is 36.7. The third kappa shape index (κ3) is 5.46. The molecule has 0 bridgehead atoms. The highest BCUT2D eigenvalue weighted by atomic mass is 15.0. The predicted molar refractivity (Wildman–Crippen MR) is 266 cm³/mol. The van der Waals surface area contributed by atoms with Crippen molar-refractivity contribution < 1.29 is 49.3 Å². The fourth-order valence-corrected chi connectivity index (χ4v) is 7.99. The molecule has 0 unspecified atom stereocenters. The highest BCUT2D eigenvalue weighted by Gasteiger charge is 2.23. The maximum absolute atomic E-state index is 10.0. The lowest BCUT2D eigenvalue weighted by atomic mass is 9.95. The molecule has 294 valence electrons. The van der Waals surface area contributed by atoms with Crippen LogP contribution in [-0.4, -0.2) is 13.7 Å². The quantitative estimate of drug-likeness (QED) is 0.158. The molecule has 0 saturated heterocycles. The summed E-state index contributed by atoms with van der Waals surface area (Å²) < 4.78 is 333. The molecule has 0 aliphatic heterocycles. The van der Waals surface area contributed by atoms with E-state index in [1.807, 2.05) is 0 Å². The van der Waals surface area contributed by atoms with E-state index in [9.17, 15) is 21.9 Å². The first-order valence-corrected chi connectivity index (χ1v) is 18.7. The number of hydrogen-bond donors (Lipinski definition) is 0. The van der Waals surface area contributed by atoms with Crippen LogP contribution in [-0.2, 0) is 0 Å². The Kier molecular flexibility index (Phi) is 3.33. The molecule has 3 aromatic heterocycles. The van der Waals surface area contributed by atoms with Gasteiger partial charge in [0.25, 0.3) is 0 Å². The predicted octanol–water partition coefficient (Wildman–Crippen LogP) is 16.0. The van der Waals surface area contributed by atoms with Crippen molar-refractivity contribution in [2.75, 3.05) is 0 Å². The molecule has 0 radical (unpaired) electrons. The largest absolute Gasteiger partial charge is 0.309 e. The molecule has 0 atom stereocenters. The van der Waals surface area contributed by atoms with Crippen LogP contribution in [0.15, 0.2) is 236 Å². The van der Waals surface area contributed by atoms with Crippen LogP contribution in [0.2, 0.25) is 0 Å². The number of nitrogens with zero attached hydrogens (tertiary/aromatic N) is 3. The van der Waals surface area contributed by atoms with Crippen molar-refractivity contribution in [3.05, 3.63) is 236 Å². The number of rotatable bonds is 6. The van der Waals surface area contributed by atoms with Gasteiger partial charge in [0.15, 0.2) is 0 Å². The first-order chi connectivity index (χ1) is 46.2. The minimum atomic E-state index is -1.13. The van der Waals surface area contributed by atoms with Crippen molar-refractivity contribution in [2.45, 2.75) is 0 Å². The van der Waals surface area contributed by atoms with Crippen LogP contribution in [0.4, 0.5) is 0 Å². The number of para-hydroxylation sites is 4. The fraction of sp³-hybridized carbons (Fsp3) is 0. The van der Waals surface area contributed by atoms with Crippen LogP contribution < -0.4 is 0 Å². The Morgan fingerprint density at radius 1 is 0.254 bits per heavy atom. The average Bonchev–Trinajstić information content (AvgIpc) is 1.52. The SMILES string of the molecule is [2H]c1c([2H])c([2H])c(-c2cc(-c3c([2H])c([2H])c([2H])c(-c4c([2H])c([2H])c([2H])c([2H])c4[2H])c3[2H])cc(-n3c4c([2H])c([2H])c([2H])c([2H])c4c4c(-n5c6c([2H])c([2H])c([2H])c([2H])c6c6c(-n7c8c([2H])c([2H])c([2H])c([2H])c8c8c([2H])c([2H])c([2H])c([2H])c87)c([2H])c([2H])c([2H])c65)c([2H])c([2H])c([2H])c43)c2)c([2H])c1[2H]. The monoisotopic (exact) mass is 838 g/mol. The van der Waals surface area contributed by atoms with Gasteiger partial charge in [0.1, 0.15) is 0 Å². The van der Waals surface area contributed by atoms with Gasteiger partial charge in [0.05, 0.1) is 93.8 Å². The topological polar surface area (TPSA) is 14.8 Å². The molecular formula is C60H39N3. The van der Waals surface area contributed by atoms with Crippen LogP contribution >= 0.6 is 0 Å². The molecule has 0 amide bonds. The smallest absolute Gasteiger partial charge is 0.0645 e. The second kappa shape index (κ2) is 14.1. The Balaban J connectivity index is 1.29. The van der Waals surface area contributed by atoms with Gasteiger partial charge in [0, 0.05) is 38.0 Å². The lowest BCUT2D eigenvalue weighted by Crippen LogP contribution is -1.98. The molecule has 0 fully saturated rings. The maximum atomic E-state index is 10.0. The van der Waals surface area contributed by atoms with Crippen LogP contribution in [0.5, 0.6) is 0 Å². The number of fused-ring (bicyclic) bond motifs is 9. The summed E-state index contributed by atoms with van der Waals surface area (Å²) in [4.78, 5) is 0. The van der Waals surface area contributed by atoms with Crippen molar-refractivity contribution in [1.29, 1.82) is 0 Å². The van der Waals surface area contributed by atoms with Gasteiger partial charge >= 0.3 is 0 Å². The van der Waals surface area contributed by atoms with Crippen molar-refractivity contribution in [3.8, 4) is 50.4 Å². The minimum absolute atomic E-state index is 0.450. The lowest BCUT2D eigenvalue weighted by molar-refractivity contribution is 1.17. The normalized spacial score (nSPS) is 19.8. The summed E-state index contributed by atoms with van der Waals surface area (Å²) in [6.45, 7) is 0. The highest BCUT2D eigenvalue weighted by molar-refractivity contribution is 6.19. The second-order valence-corrected chi connectivity index (χ2v) is 13.8. The van der Waals surface area contributed by atoms with Gasteiger partial charge in [-0.25, -0.2) is 0 Å². The summed E-state index contributed by atoms with van der Waals surface area (Å²) in [5.74, 6) is 0. The van der Waals surface area contributed by atoms with E-state index >= 15 is 0 Å². The zero-order valence-electron chi connectivity index (χ0n) is 67.6. The lowest BCUT2D eigenvalue weighted by Gasteiger charge is -2.15. The van der Waals surface area contributed by atoms with Crippen LogP contribution in [0.1, 0.15) is 49.3 Å². The van der Waals surface area contributed by atoms with Gasteiger partial charge < -0.3 is 13.7 Å². The van der Waals surface area contributed by atoms with Crippen molar-refractivity contribution in [1.82, 2.24) is 13.7 Å². The Hall–Kier alpha value is -8.40. The Labute approximate surface area is 415 Å². The number of aromatic nitrogens is 3. The molecule has 13 rings (SSSR count). The summed E-state index contributed by atoms with van der Waals surface area (Å²) in [6, 6.07) is -31.7. The zero-order chi connectivity index (χ0) is 72.8. The minimum Gasteiger partial charge on any atom is -0.309 e. The van der Waals surface area contributed by atoms with E-state index in [-0.39, 0.29) is 0 Å². The first kappa shape index (κ1) is 14.9. The second-order valence-electron chi connectivity index (χ2n) is 13.8. The third-order valence-corrected chi connectivity index (χ3v) is 10.5. The standard InChI is InChI=1S/C60H39N3/c1-3-18-40(19-4-1)42-22-15-23-43(36-42)45-37-44(41-20-5-2-6-21-41)38-46(39-45)61-53-30-13-9-26-49(53)59-55(61)32-16-34-57(59)63-54-31-14-10-27-50(54)60-56(33-17-35-58(60)63)62-51-28-11-7-24-47(51)48-25-8-12-29-52(48)62/h1-39H/i1D,2D,3D,4D,5D,6D,7D,8D,9D,10D,11D,12D,13D,14D,15D,16D,17D,18D,19D,20D,21D,22D,23D,24D,25D,26D,27D,28D,29D,30D,31D,32D,33D,34D,35D,36D. The van der Waals surface area contributed by atoms with Gasteiger partial charge in [-0.05, 0) is 106 Å². The highest BCUT2D eigenvalue weighted by Crippen LogP contribution is 2.44. The molecule has 3 heterocycles. The van der Waals surface area contributed by atoms with Crippen molar-refractivity contribution in [2.24, 2.45) is 0 Å². The van der Waals surface area contributed by atoms with Crippen LogP contribution in [0, 0.1) is 0 Å². The number of hydrogen-bond acceptors (Lipinski definition) is 0. The Morgan fingerprint density at radius 3 is 1.16 bits per heavy atom. The van der Waals surface area contributed by atoms with Gasteiger partial charge in [-0.3, -0.25) is 0 Å². The average molecular weight is 838 g/mol. The summed E-state index contributed by atoms with van der Waals surface area (Å²) in [6.07, 6.45) is 0. The van der Waals surface area contributed by atoms with Crippen molar-refractivity contribution in [3.63, 3.8) is 0 Å². The van der Waals surface area contributed by atoms with Crippen LogP contribution in [0.25, 0.3) is 116 Å². The van der Waals surface area contributed by atoms with Crippen molar-refractivity contribution >= 4 is 65.4 Å². The van der Waals surface area contributed by atoms with Gasteiger partial charge in [-0.2, -0.15) is 0 Å². The summed E-state index contributed by atoms with van der Waals surface area (Å²) in [7, 11) is 0. The van der Waals surface area contributed by atoms with E-state index < -0.39 is 333 Å². The molecule has 3 nitrogen and oxygen atoms in total. The van der Waals surface area contributed by atoms with Gasteiger partial charge in [-0.1, -0.05) is 163 Å². The Bertz CT molecular complexity index is 5920. The molecule has 0 N–H and O–H groups in total. The zero-order valence-corrected chi connectivity index (χ0v) is 31.6. The van der Waals surface area contributed by atoms with E-state index in [4.69, 9.17) is 27.4 Å². The molecule has 0 spiro atoms. The third-order valence-electron chi connectivity index (χ3n) is 10.5. The molecular weight excluding hydrogens is 763 g/mol. The maximum Gasteiger partial charge on any atom is 0.0645 e. The summed E-state index contributed by atoms with van der Waals surface area (Å²) >= 11 is 0. The molecule has 13 aromatic rings. The Morgan fingerprint density at radius 2 is 0.603 bits per heavy atom. The van der Waals surface area contributed by atoms with Crippen LogP contribution in [0.3, 0.4) is 0 Å². The fourth-order valence-electron chi connectivity index (χ4n) is 7.99. The number of benzene rings is 10. The van der Waals surface area contributed by atoms with E-state index in [1.165, 1.54) is 0 Å². The molecule has 10 aromatic carbocycles. The van der Waals surface area contributed by atoms with E-state index in [0.29, 0.717) is 0 Å². The summed E-state index contributed by atoms with van der Waals surface area (Å²) in [5.41, 5.74) is -10.4. The molecule has 0 aliphatic rings. The van der Waals surface area contributed by atoms with E-state index in [0.717, 1.165) is 31.9 Å². The summed E-state index contributed by atoms with van der Waals surface area (Å²) in [5, 5.41) is -3.92. The molecule has 63 heavy (non-hydrogen) atoms. The molecule has 3 heteroatoms. The van der Waals surface area contributed by atoms with Gasteiger partial charge in [-0.15, -0.1) is 0 Å². The van der Waals surface area contributed by atoms with E-state index in [2.05, 4.69) is 0 Å².